The molecule has 3 aromatic rings. The zero-order valence-corrected chi connectivity index (χ0v) is 23.1. The van der Waals surface area contributed by atoms with Crippen LogP contribution in [-0.4, -0.2) is 79.4 Å². The van der Waals surface area contributed by atoms with Gasteiger partial charge in [0.2, 0.25) is 0 Å². The molecular formula is C30H33N5O5. The van der Waals surface area contributed by atoms with Crippen LogP contribution < -0.4 is 15.4 Å². The molecule has 2 saturated heterocycles. The Labute approximate surface area is 232 Å². The number of furan rings is 1. The number of benzene rings is 2. The van der Waals surface area contributed by atoms with Crippen molar-refractivity contribution in [3.8, 4) is 5.75 Å². The van der Waals surface area contributed by atoms with Crippen LogP contribution in [-0.2, 0) is 16.9 Å². The highest BCUT2D eigenvalue weighted by molar-refractivity contribution is 6.08. The fourth-order valence-electron chi connectivity index (χ4n) is 6.06. The molecule has 0 bridgehead atoms. The molecule has 3 aliphatic heterocycles. The van der Waals surface area contributed by atoms with Gasteiger partial charge < -0.3 is 29.2 Å². The maximum atomic E-state index is 13.3. The molecule has 40 heavy (non-hydrogen) atoms. The number of ether oxygens (including phenoxy) is 1. The molecule has 208 valence electrons. The van der Waals surface area contributed by atoms with Crippen molar-refractivity contribution in [1.82, 2.24) is 25.3 Å². The van der Waals surface area contributed by atoms with Crippen molar-refractivity contribution in [3.05, 3.63) is 71.0 Å². The molecule has 1 aromatic heterocycles. The van der Waals surface area contributed by atoms with Crippen LogP contribution >= 0.6 is 0 Å². The fraction of sp³-hybridized carbons (Fsp3) is 0.367. The lowest BCUT2D eigenvalue weighted by molar-refractivity contribution is -0.125. The normalized spacial score (nSPS) is 22.9. The number of allylic oxidation sites excluding steroid dienone is 1. The molecule has 0 saturated carbocycles. The summed E-state index contributed by atoms with van der Waals surface area (Å²) in [6, 6.07) is 13.0. The third-order valence-electron chi connectivity index (χ3n) is 8.31. The summed E-state index contributed by atoms with van der Waals surface area (Å²) >= 11 is 0. The second kappa shape index (κ2) is 9.71. The molecule has 10 heteroatoms. The van der Waals surface area contributed by atoms with E-state index in [1.807, 2.05) is 31.2 Å². The Bertz CT molecular complexity index is 1560. The first-order chi connectivity index (χ1) is 19.2. The number of urea groups is 1. The van der Waals surface area contributed by atoms with Crippen molar-refractivity contribution >= 4 is 34.5 Å². The molecule has 2 unspecified atom stereocenters. The molecule has 0 aliphatic carbocycles. The number of rotatable bonds is 7. The van der Waals surface area contributed by atoms with Crippen LogP contribution in [0.2, 0.25) is 0 Å². The monoisotopic (exact) mass is 543 g/mol. The van der Waals surface area contributed by atoms with E-state index in [4.69, 9.17) is 9.15 Å². The van der Waals surface area contributed by atoms with Gasteiger partial charge in [0.1, 0.15) is 17.1 Å². The van der Waals surface area contributed by atoms with Gasteiger partial charge in [-0.2, -0.15) is 0 Å². The molecule has 2 N–H and O–H groups in total. The molecule has 2 atom stereocenters. The van der Waals surface area contributed by atoms with Crippen LogP contribution in [0.25, 0.3) is 16.7 Å². The molecule has 2 aromatic carbocycles. The van der Waals surface area contributed by atoms with Gasteiger partial charge in [-0.05, 0) is 75.0 Å². The van der Waals surface area contributed by atoms with Gasteiger partial charge in [-0.1, -0.05) is 12.1 Å². The molecule has 0 radical (unpaired) electrons. The first kappa shape index (κ1) is 25.9. The molecular weight excluding hydrogens is 510 g/mol. The first-order valence-electron chi connectivity index (χ1n) is 13.4. The summed E-state index contributed by atoms with van der Waals surface area (Å²) < 4.78 is 11.5. The van der Waals surface area contributed by atoms with Crippen molar-refractivity contribution in [3.63, 3.8) is 0 Å². The third kappa shape index (κ3) is 4.19. The van der Waals surface area contributed by atoms with Gasteiger partial charge in [-0.3, -0.25) is 14.9 Å². The summed E-state index contributed by atoms with van der Waals surface area (Å²) in [7, 11) is 5.77. The highest BCUT2D eigenvalue weighted by Crippen LogP contribution is 2.36. The molecule has 0 spiro atoms. The van der Waals surface area contributed by atoms with Crippen LogP contribution in [0.15, 0.2) is 53.0 Å². The number of imide groups is 1. The van der Waals surface area contributed by atoms with Gasteiger partial charge in [0, 0.05) is 42.3 Å². The lowest BCUT2D eigenvalue weighted by Gasteiger charge is -2.29. The van der Waals surface area contributed by atoms with Gasteiger partial charge >= 0.3 is 6.03 Å². The predicted octanol–water partition coefficient (Wildman–Crippen LogP) is 3.13. The van der Waals surface area contributed by atoms with E-state index in [9.17, 15) is 14.4 Å². The molecule has 4 amide bonds. The van der Waals surface area contributed by atoms with Crippen LogP contribution in [0.5, 0.6) is 5.75 Å². The van der Waals surface area contributed by atoms with E-state index in [0.717, 1.165) is 41.7 Å². The largest absolute Gasteiger partial charge is 0.497 e. The Morgan fingerprint density at radius 3 is 2.67 bits per heavy atom. The summed E-state index contributed by atoms with van der Waals surface area (Å²) in [6.45, 7) is 4.20. The van der Waals surface area contributed by atoms with Crippen molar-refractivity contribution in [2.75, 3.05) is 40.8 Å². The summed E-state index contributed by atoms with van der Waals surface area (Å²) in [4.78, 5) is 45.2. The number of fused-ring (bicyclic) bond motifs is 2. The Hall–Kier alpha value is -4.31. The molecule has 6 rings (SSSR count). The second-order valence-corrected chi connectivity index (χ2v) is 10.9. The maximum Gasteiger partial charge on any atom is 0.322 e. The Kier molecular flexibility index (Phi) is 6.29. The average molecular weight is 544 g/mol. The van der Waals surface area contributed by atoms with Gasteiger partial charge in [0.05, 0.1) is 13.7 Å². The maximum absolute atomic E-state index is 13.3. The van der Waals surface area contributed by atoms with E-state index < -0.39 is 17.5 Å². The number of likely N-dealkylation sites (tertiary alicyclic amines) is 1. The van der Waals surface area contributed by atoms with Crippen LogP contribution in [0.3, 0.4) is 0 Å². The summed E-state index contributed by atoms with van der Waals surface area (Å²) in [5.74, 6) is 0.0644. The minimum absolute atomic E-state index is 0.0765. The number of methoxy groups -OCH3 is 1. The number of nitrogens with one attached hydrogen (secondary N) is 2. The van der Waals surface area contributed by atoms with E-state index in [1.165, 1.54) is 0 Å². The fourth-order valence-corrected chi connectivity index (χ4v) is 6.06. The van der Waals surface area contributed by atoms with Gasteiger partial charge in [-0.25, -0.2) is 4.79 Å². The second-order valence-electron chi connectivity index (χ2n) is 10.9. The Morgan fingerprint density at radius 2 is 2.00 bits per heavy atom. The van der Waals surface area contributed by atoms with Gasteiger partial charge in [0.25, 0.3) is 11.8 Å². The standard InChI is InChI=1S/C30H33N5O5/c1-5-24(34-11-10-21(16-34)33(2)3)18-7-9-25-20(12-18)13-26(40-25)30(28(37)31-29(38)32-30)17-35-15-19-6-8-22(39-4)14-23(19)27(35)36/h5-9,12-14,21H,10-11,15-17H2,1-4H3,(H2,31,32,37,38). The third-order valence-corrected chi connectivity index (χ3v) is 8.31. The lowest BCUT2D eigenvalue weighted by atomic mass is 9.95. The number of hydrogen-bond acceptors (Lipinski definition) is 7. The van der Waals surface area contributed by atoms with E-state index in [1.54, 1.807) is 30.2 Å². The Morgan fingerprint density at radius 1 is 1.18 bits per heavy atom. The number of nitrogens with zero attached hydrogens (tertiary/aromatic N) is 3. The minimum atomic E-state index is -1.56. The number of hydrogen-bond donors (Lipinski definition) is 2. The summed E-state index contributed by atoms with van der Waals surface area (Å²) in [5, 5.41) is 5.91. The number of amides is 4. The molecule has 10 nitrogen and oxygen atoms in total. The predicted molar refractivity (Wildman–Crippen MR) is 150 cm³/mol. The SMILES string of the molecule is CC=C(c1ccc2oc(C3(CN4Cc5ccc(OC)cc5C4=O)NC(=O)NC3=O)cc2c1)N1CCC(N(C)C)C1. The van der Waals surface area contributed by atoms with Crippen LogP contribution in [0, 0.1) is 0 Å². The number of carbonyl (C=O) groups is 3. The quantitative estimate of drug-likeness (QED) is 0.441. The van der Waals surface area contributed by atoms with Gasteiger partial charge in [-0.15, -0.1) is 0 Å². The topological polar surface area (TPSA) is 107 Å². The molecule has 3 aliphatic rings. The van der Waals surface area contributed by atoms with Crippen molar-refractivity contribution in [2.45, 2.75) is 31.5 Å². The molecule has 4 heterocycles. The highest BCUT2D eigenvalue weighted by atomic mass is 16.5. The van der Waals surface area contributed by atoms with E-state index >= 15 is 0 Å². The zero-order chi connectivity index (χ0) is 28.2. The smallest absolute Gasteiger partial charge is 0.322 e. The zero-order valence-electron chi connectivity index (χ0n) is 23.1. The number of carbonyl (C=O) groups excluding carboxylic acids is 3. The summed E-state index contributed by atoms with van der Waals surface area (Å²) in [6.07, 6.45) is 3.23. The van der Waals surface area contributed by atoms with Crippen molar-refractivity contribution < 1.29 is 23.5 Å². The lowest BCUT2D eigenvalue weighted by Crippen LogP contribution is -2.52. The van der Waals surface area contributed by atoms with Crippen molar-refractivity contribution in [2.24, 2.45) is 0 Å². The number of likely N-dealkylation sites (N-methyl/N-ethyl adjacent to an activating group) is 1. The van der Waals surface area contributed by atoms with Crippen LogP contribution in [0.1, 0.15) is 40.6 Å². The summed E-state index contributed by atoms with van der Waals surface area (Å²) in [5.41, 5.74) is 2.58. The van der Waals surface area contributed by atoms with Gasteiger partial charge in [0.15, 0.2) is 5.54 Å². The minimum Gasteiger partial charge on any atom is -0.497 e. The van der Waals surface area contributed by atoms with E-state index in [2.05, 4.69) is 40.6 Å². The highest BCUT2D eigenvalue weighted by Gasteiger charge is 2.53. The van der Waals surface area contributed by atoms with Crippen LogP contribution in [0.4, 0.5) is 4.79 Å². The van der Waals surface area contributed by atoms with E-state index in [0.29, 0.717) is 29.5 Å². The first-order valence-corrected chi connectivity index (χ1v) is 13.4. The van der Waals surface area contributed by atoms with Crippen molar-refractivity contribution in [1.29, 1.82) is 0 Å². The average Bonchev–Trinajstić information content (AvgIpc) is 3.71. The van der Waals surface area contributed by atoms with E-state index in [-0.39, 0.29) is 18.2 Å². The molecule has 2 fully saturated rings. The Balaban J connectivity index is 1.32.